The number of benzene rings is 1. The summed E-state index contributed by atoms with van der Waals surface area (Å²) in [7, 11) is 0. The SMILES string of the molecule is C=CCN1CC2(CCC1=O)CCN(C(=O)[C@@H](N)Cc1ccc(O)cc1)CC2.Cl. The number of nitrogens with zero attached hydrogens (tertiary/aromatic N) is 2. The third-order valence-electron chi connectivity index (χ3n) is 5.94. The van der Waals surface area contributed by atoms with Gasteiger partial charge in [0.25, 0.3) is 0 Å². The standard InChI is InChI=1S/C21H29N3O3.ClH/c1-2-11-24-15-21(8-7-19(24)26)9-12-23(13-10-21)20(27)18(22)14-16-3-5-17(25)6-4-16;/h2-6,18,25H,1,7-15,22H2;1H/t18-;/m0./s1. The van der Waals surface area contributed by atoms with Gasteiger partial charge in [0.2, 0.25) is 11.8 Å². The van der Waals surface area contributed by atoms with Crippen molar-refractivity contribution in [1.29, 1.82) is 0 Å². The summed E-state index contributed by atoms with van der Waals surface area (Å²) in [6, 6.07) is 6.23. The highest BCUT2D eigenvalue weighted by atomic mass is 35.5. The molecule has 0 bridgehead atoms. The van der Waals surface area contributed by atoms with Crippen molar-refractivity contribution < 1.29 is 14.7 Å². The number of halogens is 1. The Bertz CT molecular complexity index is 699. The molecule has 1 spiro atoms. The Kier molecular flexibility index (Phi) is 7.49. The van der Waals surface area contributed by atoms with Crippen LogP contribution in [0.2, 0.25) is 0 Å². The molecular formula is C21H30ClN3O3. The third-order valence-corrected chi connectivity index (χ3v) is 5.94. The van der Waals surface area contributed by atoms with Crippen LogP contribution in [0.3, 0.4) is 0 Å². The van der Waals surface area contributed by atoms with Gasteiger partial charge in [-0.1, -0.05) is 18.2 Å². The summed E-state index contributed by atoms with van der Waals surface area (Å²) in [5.74, 6) is 0.388. The van der Waals surface area contributed by atoms with Crippen molar-refractivity contribution in [3.63, 3.8) is 0 Å². The molecule has 0 radical (unpaired) electrons. The molecule has 0 saturated carbocycles. The maximum absolute atomic E-state index is 12.7. The molecule has 154 valence electrons. The van der Waals surface area contributed by atoms with Crippen molar-refractivity contribution in [2.75, 3.05) is 26.2 Å². The van der Waals surface area contributed by atoms with Gasteiger partial charge in [-0.15, -0.1) is 19.0 Å². The molecule has 2 heterocycles. The molecule has 0 unspecified atom stereocenters. The molecular weight excluding hydrogens is 378 g/mol. The fourth-order valence-corrected chi connectivity index (χ4v) is 4.24. The van der Waals surface area contributed by atoms with Gasteiger partial charge in [-0.05, 0) is 48.8 Å². The summed E-state index contributed by atoms with van der Waals surface area (Å²) in [6.45, 7) is 6.49. The number of phenols is 1. The highest BCUT2D eigenvalue weighted by molar-refractivity contribution is 5.85. The van der Waals surface area contributed by atoms with Gasteiger partial charge in [0.05, 0.1) is 6.04 Å². The zero-order chi connectivity index (χ0) is 19.4. The van der Waals surface area contributed by atoms with Crippen molar-refractivity contribution >= 4 is 24.2 Å². The normalized spacial score (nSPS) is 19.8. The quantitative estimate of drug-likeness (QED) is 0.732. The Hall–Kier alpha value is -2.05. The van der Waals surface area contributed by atoms with E-state index in [1.165, 1.54) is 0 Å². The lowest BCUT2D eigenvalue weighted by Gasteiger charge is -2.47. The molecule has 1 aromatic rings. The number of amides is 2. The molecule has 1 aromatic carbocycles. The van der Waals surface area contributed by atoms with Crippen LogP contribution >= 0.6 is 12.4 Å². The average molecular weight is 408 g/mol. The molecule has 28 heavy (non-hydrogen) atoms. The molecule has 2 aliphatic rings. The number of likely N-dealkylation sites (tertiary alicyclic amines) is 2. The Morgan fingerprint density at radius 2 is 1.89 bits per heavy atom. The van der Waals surface area contributed by atoms with Crippen LogP contribution in [-0.2, 0) is 16.0 Å². The molecule has 2 saturated heterocycles. The molecule has 1 atom stereocenters. The fourth-order valence-electron chi connectivity index (χ4n) is 4.24. The van der Waals surface area contributed by atoms with E-state index in [4.69, 9.17) is 5.73 Å². The van der Waals surface area contributed by atoms with E-state index in [0.29, 0.717) is 32.5 Å². The maximum atomic E-state index is 12.7. The summed E-state index contributed by atoms with van der Waals surface area (Å²) >= 11 is 0. The lowest BCUT2D eigenvalue weighted by Crippen LogP contribution is -2.54. The number of aromatic hydroxyl groups is 1. The summed E-state index contributed by atoms with van der Waals surface area (Å²) in [4.78, 5) is 28.5. The molecule has 7 heteroatoms. The zero-order valence-electron chi connectivity index (χ0n) is 16.2. The van der Waals surface area contributed by atoms with Gasteiger partial charge in [-0.3, -0.25) is 9.59 Å². The molecule has 0 aliphatic carbocycles. The van der Waals surface area contributed by atoms with Crippen molar-refractivity contribution in [2.24, 2.45) is 11.1 Å². The van der Waals surface area contributed by atoms with E-state index in [0.717, 1.165) is 31.4 Å². The second-order valence-corrected chi connectivity index (χ2v) is 7.87. The molecule has 3 N–H and O–H groups in total. The van der Waals surface area contributed by atoms with Crippen LogP contribution in [0.25, 0.3) is 0 Å². The largest absolute Gasteiger partial charge is 0.508 e. The highest BCUT2D eigenvalue weighted by Crippen LogP contribution is 2.40. The first-order valence-electron chi connectivity index (χ1n) is 9.63. The van der Waals surface area contributed by atoms with Gasteiger partial charge in [-0.2, -0.15) is 0 Å². The number of rotatable bonds is 5. The minimum atomic E-state index is -0.575. The lowest BCUT2D eigenvalue weighted by molar-refractivity contribution is -0.142. The van der Waals surface area contributed by atoms with E-state index in [9.17, 15) is 14.7 Å². The maximum Gasteiger partial charge on any atom is 0.239 e. The number of carbonyl (C=O) groups is 2. The predicted octanol–water partition coefficient (Wildman–Crippen LogP) is 2.10. The summed E-state index contributed by atoms with van der Waals surface area (Å²) in [6.07, 6.45) is 5.54. The van der Waals surface area contributed by atoms with Crippen LogP contribution in [0.15, 0.2) is 36.9 Å². The van der Waals surface area contributed by atoms with E-state index in [1.54, 1.807) is 30.3 Å². The van der Waals surface area contributed by atoms with Crippen molar-refractivity contribution in [3.8, 4) is 5.75 Å². The molecule has 2 fully saturated rings. The van der Waals surface area contributed by atoms with Crippen molar-refractivity contribution in [2.45, 2.75) is 38.1 Å². The van der Waals surface area contributed by atoms with E-state index >= 15 is 0 Å². The van der Waals surface area contributed by atoms with Crippen LogP contribution in [0.4, 0.5) is 0 Å². The van der Waals surface area contributed by atoms with Crippen LogP contribution in [0, 0.1) is 5.41 Å². The number of nitrogens with two attached hydrogens (primary N) is 1. The monoisotopic (exact) mass is 407 g/mol. The second kappa shape index (κ2) is 9.43. The number of piperidine rings is 2. The Balaban J connectivity index is 0.00000280. The number of hydrogen-bond acceptors (Lipinski definition) is 4. The first-order chi connectivity index (χ1) is 12.9. The zero-order valence-corrected chi connectivity index (χ0v) is 17.0. The first-order valence-corrected chi connectivity index (χ1v) is 9.63. The molecule has 2 amide bonds. The van der Waals surface area contributed by atoms with Crippen LogP contribution in [-0.4, -0.2) is 58.9 Å². The Labute approximate surface area is 172 Å². The molecule has 6 nitrogen and oxygen atoms in total. The highest BCUT2D eigenvalue weighted by Gasteiger charge is 2.41. The van der Waals surface area contributed by atoms with E-state index < -0.39 is 6.04 Å². The average Bonchev–Trinajstić information content (AvgIpc) is 2.67. The first kappa shape index (κ1) is 22.2. The predicted molar refractivity (Wildman–Crippen MR) is 111 cm³/mol. The number of hydrogen-bond donors (Lipinski definition) is 2. The van der Waals surface area contributed by atoms with E-state index in [1.807, 2.05) is 9.80 Å². The van der Waals surface area contributed by atoms with Crippen LogP contribution in [0.5, 0.6) is 5.75 Å². The summed E-state index contributed by atoms with van der Waals surface area (Å²) in [5.41, 5.74) is 7.21. The lowest BCUT2D eigenvalue weighted by atomic mass is 9.72. The minimum Gasteiger partial charge on any atom is -0.508 e. The third kappa shape index (κ3) is 5.06. The van der Waals surface area contributed by atoms with E-state index in [2.05, 4.69) is 6.58 Å². The van der Waals surface area contributed by atoms with Crippen LogP contribution in [0.1, 0.15) is 31.2 Å². The van der Waals surface area contributed by atoms with E-state index in [-0.39, 0.29) is 35.4 Å². The Morgan fingerprint density at radius 1 is 1.25 bits per heavy atom. The Morgan fingerprint density at radius 3 is 2.50 bits per heavy atom. The van der Waals surface area contributed by atoms with Crippen molar-refractivity contribution in [1.82, 2.24) is 9.80 Å². The fraction of sp³-hybridized carbons (Fsp3) is 0.524. The van der Waals surface area contributed by atoms with Crippen molar-refractivity contribution in [3.05, 3.63) is 42.5 Å². The van der Waals surface area contributed by atoms with Gasteiger partial charge in [0.15, 0.2) is 0 Å². The number of carbonyl (C=O) groups excluding carboxylic acids is 2. The summed E-state index contributed by atoms with van der Waals surface area (Å²) in [5, 5.41) is 9.36. The van der Waals surface area contributed by atoms with Gasteiger partial charge in [-0.25, -0.2) is 0 Å². The summed E-state index contributed by atoms with van der Waals surface area (Å²) < 4.78 is 0. The molecule has 0 aromatic heterocycles. The smallest absolute Gasteiger partial charge is 0.239 e. The molecule has 2 aliphatic heterocycles. The topological polar surface area (TPSA) is 86.9 Å². The second-order valence-electron chi connectivity index (χ2n) is 7.87. The number of phenolic OH excluding ortho intramolecular Hbond substituents is 1. The van der Waals surface area contributed by atoms with Gasteiger partial charge in [0, 0.05) is 32.6 Å². The minimum absolute atomic E-state index is 0. The molecule has 3 rings (SSSR count). The van der Waals surface area contributed by atoms with Crippen LogP contribution < -0.4 is 5.73 Å². The van der Waals surface area contributed by atoms with Gasteiger partial charge >= 0.3 is 0 Å². The van der Waals surface area contributed by atoms with Gasteiger partial charge < -0.3 is 20.6 Å². The van der Waals surface area contributed by atoms with Gasteiger partial charge in [0.1, 0.15) is 5.75 Å².